The van der Waals surface area contributed by atoms with Gasteiger partial charge in [0.1, 0.15) is 0 Å². The Morgan fingerprint density at radius 2 is 1.52 bits per heavy atom. The van der Waals surface area contributed by atoms with Crippen LogP contribution in [-0.4, -0.2) is 14.1 Å². The largest absolute Gasteiger partial charge is 0.276 e. The molecule has 0 bridgehead atoms. The third kappa shape index (κ3) is 5.65. The number of benzene rings is 3. The molecule has 6 heteroatoms. The van der Waals surface area contributed by atoms with E-state index in [0.29, 0.717) is 5.71 Å². The molecule has 4 nitrogen and oxygen atoms in total. The minimum Gasteiger partial charge on any atom is -0.200 e. The molecule has 0 aliphatic carbocycles. The lowest BCUT2D eigenvalue weighted by Gasteiger charge is -2.08. The quantitative estimate of drug-likeness (QED) is 0.381. The van der Waals surface area contributed by atoms with E-state index in [2.05, 4.69) is 25.9 Å². The SMILES string of the molecule is C/C(=C\C(=N/NS(=O)(=O)c1ccc(C)cc1)c1ccc(Br)cc1)c1ccccc1. The van der Waals surface area contributed by atoms with E-state index < -0.39 is 10.0 Å². The summed E-state index contributed by atoms with van der Waals surface area (Å²) in [6.07, 6.45) is 1.87. The zero-order valence-electron chi connectivity index (χ0n) is 16.1. The topological polar surface area (TPSA) is 58.5 Å². The average Bonchev–Trinajstić information content (AvgIpc) is 2.72. The third-order valence-corrected chi connectivity index (χ3v) is 6.09. The Labute approximate surface area is 180 Å². The summed E-state index contributed by atoms with van der Waals surface area (Å²) >= 11 is 3.42. The van der Waals surface area contributed by atoms with Gasteiger partial charge < -0.3 is 0 Å². The van der Waals surface area contributed by atoms with Crippen LogP contribution in [0.5, 0.6) is 0 Å². The van der Waals surface area contributed by atoms with Crippen LogP contribution in [0, 0.1) is 6.92 Å². The van der Waals surface area contributed by atoms with E-state index >= 15 is 0 Å². The van der Waals surface area contributed by atoms with Crippen molar-refractivity contribution in [1.29, 1.82) is 0 Å². The first-order chi connectivity index (χ1) is 13.8. The van der Waals surface area contributed by atoms with Gasteiger partial charge in [0.25, 0.3) is 10.0 Å². The molecule has 0 heterocycles. The fourth-order valence-corrected chi connectivity index (χ4v) is 3.75. The van der Waals surface area contributed by atoms with Crippen molar-refractivity contribution in [2.75, 3.05) is 0 Å². The summed E-state index contributed by atoms with van der Waals surface area (Å²) in [6, 6.07) is 24.1. The standard InChI is InChI=1S/C23H21BrN2O2S/c1-17-8-14-22(15-9-17)29(27,28)26-25-23(20-10-12-21(24)13-11-20)16-18(2)19-6-4-3-5-7-19/h3-16,26H,1-2H3/b18-16+,25-23+. The molecule has 3 aromatic rings. The van der Waals surface area contributed by atoms with Gasteiger partial charge >= 0.3 is 0 Å². The third-order valence-electron chi connectivity index (χ3n) is 4.34. The van der Waals surface area contributed by atoms with Gasteiger partial charge in [0.15, 0.2) is 0 Å². The van der Waals surface area contributed by atoms with Crippen molar-refractivity contribution in [2.24, 2.45) is 5.10 Å². The van der Waals surface area contributed by atoms with E-state index in [1.807, 2.05) is 74.5 Å². The Kier molecular flexibility index (Phi) is 6.67. The Balaban J connectivity index is 1.98. The number of hydrogen-bond acceptors (Lipinski definition) is 3. The first-order valence-corrected chi connectivity index (χ1v) is 11.3. The molecule has 0 aliphatic rings. The summed E-state index contributed by atoms with van der Waals surface area (Å²) in [6.45, 7) is 3.88. The minimum atomic E-state index is -3.76. The molecule has 1 N–H and O–H groups in total. The van der Waals surface area contributed by atoms with Crippen molar-refractivity contribution >= 4 is 37.2 Å². The van der Waals surface area contributed by atoms with E-state index in [1.165, 1.54) is 0 Å². The Bertz CT molecular complexity index is 1140. The van der Waals surface area contributed by atoms with Crippen molar-refractivity contribution in [2.45, 2.75) is 18.7 Å². The smallest absolute Gasteiger partial charge is 0.200 e. The van der Waals surface area contributed by atoms with Crippen LogP contribution in [-0.2, 0) is 10.0 Å². The van der Waals surface area contributed by atoms with Gasteiger partial charge in [-0.25, -0.2) is 0 Å². The number of aryl methyl sites for hydroxylation is 1. The van der Waals surface area contributed by atoms with Crippen LogP contribution in [0.3, 0.4) is 0 Å². The van der Waals surface area contributed by atoms with Gasteiger partial charge in [-0.3, -0.25) is 0 Å². The summed E-state index contributed by atoms with van der Waals surface area (Å²) in [5, 5.41) is 4.25. The van der Waals surface area contributed by atoms with Gasteiger partial charge in [-0.2, -0.15) is 18.4 Å². The van der Waals surface area contributed by atoms with Crippen LogP contribution in [0.4, 0.5) is 0 Å². The maximum Gasteiger partial charge on any atom is 0.276 e. The monoisotopic (exact) mass is 468 g/mol. The Morgan fingerprint density at radius 1 is 0.897 bits per heavy atom. The van der Waals surface area contributed by atoms with Crippen molar-refractivity contribution in [3.8, 4) is 0 Å². The molecule has 0 radical (unpaired) electrons. The van der Waals surface area contributed by atoms with E-state index in [1.54, 1.807) is 24.3 Å². The molecule has 0 aliphatic heterocycles. The molecule has 148 valence electrons. The second-order valence-corrected chi connectivity index (χ2v) is 9.18. The number of sulfonamides is 1. The fraction of sp³-hybridized carbons (Fsp3) is 0.0870. The second-order valence-electron chi connectivity index (χ2n) is 6.61. The van der Waals surface area contributed by atoms with Crippen LogP contribution >= 0.6 is 15.9 Å². The Hall–Kier alpha value is -2.70. The highest BCUT2D eigenvalue weighted by molar-refractivity contribution is 9.10. The lowest BCUT2D eigenvalue weighted by atomic mass is 10.0. The van der Waals surface area contributed by atoms with E-state index in [4.69, 9.17) is 0 Å². The summed E-state index contributed by atoms with van der Waals surface area (Å²) in [5.74, 6) is 0. The molecule has 0 saturated carbocycles. The lowest BCUT2D eigenvalue weighted by molar-refractivity contribution is 0.584. The summed E-state index contributed by atoms with van der Waals surface area (Å²) in [7, 11) is -3.76. The molecule has 0 spiro atoms. The van der Waals surface area contributed by atoms with Crippen LogP contribution in [0.1, 0.15) is 23.6 Å². The highest BCUT2D eigenvalue weighted by Gasteiger charge is 2.13. The zero-order chi connectivity index (χ0) is 20.9. The number of nitrogens with zero attached hydrogens (tertiary/aromatic N) is 1. The summed E-state index contributed by atoms with van der Waals surface area (Å²) in [4.78, 5) is 2.54. The van der Waals surface area contributed by atoms with Crippen molar-refractivity contribution in [3.63, 3.8) is 0 Å². The van der Waals surface area contributed by atoms with Gasteiger partial charge in [0.05, 0.1) is 10.6 Å². The highest BCUT2D eigenvalue weighted by atomic mass is 79.9. The number of rotatable bonds is 6. The normalized spacial score (nSPS) is 12.7. The molecule has 0 saturated heterocycles. The molecule has 0 amide bonds. The van der Waals surface area contributed by atoms with E-state index in [9.17, 15) is 8.42 Å². The van der Waals surface area contributed by atoms with Crippen LogP contribution in [0.15, 0.2) is 99.4 Å². The van der Waals surface area contributed by atoms with Crippen LogP contribution < -0.4 is 4.83 Å². The summed E-state index contributed by atoms with van der Waals surface area (Å²) < 4.78 is 26.2. The second kappa shape index (κ2) is 9.20. The van der Waals surface area contributed by atoms with E-state index in [-0.39, 0.29) is 4.90 Å². The predicted molar refractivity (Wildman–Crippen MR) is 122 cm³/mol. The molecule has 29 heavy (non-hydrogen) atoms. The van der Waals surface area contributed by atoms with Gasteiger partial charge in [-0.1, -0.05) is 76.1 Å². The van der Waals surface area contributed by atoms with E-state index in [0.717, 1.165) is 26.7 Å². The van der Waals surface area contributed by atoms with Crippen molar-refractivity contribution in [3.05, 3.63) is 106 Å². The first-order valence-electron chi connectivity index (χ1n) is 9.01. The van der Waals surface area contributed by atoms with Gasteiger partial charge in [0.2, 0.25) is 0 Å². The van der Waals surface area contributed by atoms with Crippen LogP contribution in [0.2, 0.25) is 0 Å². The van der Waals surface area contributed by atoms with Gasteiger partial charge in [-0.15, -0.1) is 0 Å². The molecule has 0 unspecified atom stereocenters. The Morgan fingerprint density at radius 3 is 2.14 bits per heavy atom. The molecular formula is C23H21BrN2O2S. The molecule has 0 aromatic heterocycles. The zero-order valence-corrected chi connectivity index (χ0v) is 18.5. The fourth-order valence-electron chi connectivity index (χ4n) is 2.67. The van der Waals surface area contributed by atoms with Gasteiger partial charge in [0, 0.05) is 10.0 Å². The molecule has 3 rings (SSSR count). The van der Waals surface area contributed by atoms with Crippen molar-refractivity contribution in [1.82, 2.24) is 4.83 Å². The number of allylic oxidation sites excluding steroid dienone is 2. The predicted octanol–water partition coefficient (Wildman–Crippen LogP) is 5.54. The lowest BCUT2D eigenvalue weighted by Crippen LogP contribution is -2.20. The average molecular weight is 469 g/mol. The number of hydrazone groups is 1. The van der Waals surface area contributed by atoms with Crippen LogP contribution in [0.25, 0.3) is 5.57 Å². The molecular weight excluding hydrogens is 448 g/mol. The number of halogens is 1. The highest BCUT2D eigenvalue weighted by Crippen LogP contribution is 2.17. The minimum absolute atomic E-state index is 0.172. The number of nitrogens with one attached hydrogen (secondary N) is 1. The van der Waals surface area contributed by atoms with Crippen molar-refractivity contribution < 1.29 is 8.42 Å². The molecule has 0 fully saturated rings. The molecule has 3 aromatic carbocycles. The maximum atomic E-state index is 12.6. The van der Waals surface area contributed by atoms with Gasteiger partial charge in [-0.05, 0) is 55.3 Å². The summed E-state index contributed by atoms with van der Waals surface area (Å²) in [5.41, 5.74) is 4.33. The first kappa shape index (κ1) is 21.0. The number of hydrogen-bond donors (Lipinski definition) is 1. The molecule has 0 atom stereocenters. The maximum absolute atomic E-state index is 12.6.